The fraction of sp³-hybridized carbons (Fsp3) is 0.548. The molecule has 3 fully saturated rings. The summed E-state index contributed by atoms with van der Waals surface area (Å²) in [6.45, 7) is 2.42. The first-order valence-electron chi connectivity index (χ1n) is 15.4. The Morgan fingerprint density at radius 3 is 2.65 bits per heavy atom. The molecule has 0 bridgehead atoms. The number of anilines is 1. The fourth-order valence-corrected chi connectivity index (χ4v) is 8.46. The normalized spacial score (nSPS) is 23.8. The number of aliphatic hydroxyl groups is 1. The number of hydrogen-bond donors (Lipinski definition) is 3. The molecule has 3 aromatic rings. The molecule has 3 N–H and O–H groups in total. The maximum Gasteiger partial charge on any atom is 0.407 e. The predicted octanol–water partition coefficient (Wildman–Crippen LogP) is 4.22. The molecular weight excluding hydrogens is 642 g/mol. The van der Waals surface area contributed by atoms with E-state index in [0.717, 1.165) is 28.2 Å². The number of sulfonamides is 1. The highest BCUT2D eigenvalue weighted by molar-refractivity contribution is 7.89. The van der Waals surface area contributed by atoms with Crippen molar-refractivity contribution in [3.63, 3.8) is 0 Å². The lowest BCUT2D eigenvalue weighted by Gasteiger charge is -2.31. The number of amides is 1. The van der Waals surface area contributed by atoms with Crippen LogP contribution in [0.5, 0.6) is 0 Å². The number of fused-ring (bicyclic) bond motifs is 2. The van der Waals surface area contributed by atoms with Crippen molar-refractivity contribution in [2.45, 2.75) is 74.5 Å². The molecule has 1 amide bonds. The van der Waals surface area contributed by atoms with Crippen LogP contribution in [0.2, 0.25) is 0 Å². The number of aromatic nitrogens is 1. The van der Waals surface area contributed by atoms with E-state index in [-0.39, 0.29) is 36.9 Å². The zero-order chi connectivity index (χ0) is 32.6. The van der Waals surface area contributed by atoms with E-state index in [1.807, 2.05) is 19.9 Å². The summed E-state index contributed by atoms with van der Waals surface area (Å²) >= 11 is 1.39. The summed E-state index contributed by atoms with van der Waals surface area (Å²) < 4.78 is 74.4. The summed E-state index contributed by atoms with van der Waals surface area (Å²) in [5.74, 6) is -4.75. The number of carbonyl (C=O) groups is 1. The van der Waals surface area contributed by atoms with Crippen LogP contribution in [-0.4, -0.2) is 91.7 Å². The first kappa shape index (κ1) is 33.0. The summed E-state index contributed by atoms with van der Waals surface area (Å²) in [5.41, 5.74) is 1.45. The third-order valence-corrected chi connectivity index (χ3v) is 11.0. The molecular formula is C31H38F2N4O7S2. The van der Waals surface area contributed by atoms with Crippen LogP contribution in [0.15, 0.2) is 53.4 Å². The van der Waals surface area contributed by atoms with Crippen LogP contribution in [0.25, 0.3) is 10.2 Å². The number of alkyl halides is 2. The maximum atomic E-state index is 14.4. The first-order chi connectivity index (χ1) is 21.9. The molecule has 0 radical (unpaired) electrons. The average molecular weight is 681 g/mol. The molecule has 15 heteroatoms. The number of nitrogens with zero attached hydrogens (tertiary/aromatic N) is 2. The molecule has 11 nitrogen and oxygen atoms in total. The Bertz CT molecular complexity index is 1640. The number of hydrogen-bond acceptors (Lipinski definition) is 10. The summed E-state index contributed by atoms with van der Waals surface area (Å²) in [7, 11) is -4.09. The molecule has 46 heavy (non-hydrogen) atoms. The van der Waals surface area contributed by atoms with Gasteiger partial charge < -0.3 is 30.0 Å². The fourth-order valence-electron chi connectivity index (χ4n) is 5.76. The topological polar surface area (TPSA) is 139 Å². The smallest absolute Gasteiger partial charge is 0.407 e. The lowest BCUT2D eigenvalue weighted by molar-refractivity contribution is -0.0953. The molecule has 1 saturated carbocycles. The molecule has 1 aromatic heterocycles. The Morgan fingerprint density at radius 1 is 1.17 bits per heavy atom. The van der Waals surface area contributed by atoms with Crippen LogP contribution >= 0.6 is 11.3 Å². The monoisotopic (exact) mass is 680 g/mol. The molecule has 1 unspecified atom stereocenters. The van der Waals surface area contributed by atoms with Gasteiger partial charge in [0, 0.05) is 19.1 Å². The third-order valence-electron chi connectivity index (χ3n) is 8.23. The molecule has 3 heterocycles. The molecule has 6 rings (SSSR count). The minimum absolute atomic E-state index is 0.0666. The van der Waals surface area contributed by atoms with Crippen LogP contribution in [0, 0.1) is 11.8 Å². The van der Waals surface area contributed by atoms with Gasteiger partial charge in [0.15, 0.2) is 11.4 Å². The van der Waals surface area contributed by atoms with Crippen LogP contribution in [0.4, 0.5) is 18.7 Å². The average Bonchev–Trinajstić information content (AvgIpc) is 3.43. The summed E-state index contributed by atoms with van der Waals surface area (Å²) in [5, 5.41) is 18.2. The van der Waals surface area contributed by atoms with Crippen molar-refractivity contribution in [2.24, 2.45) is 11.8 Å². The molecule has 3 aliphatic rings. The highest BCUT2D eigenvalue weighted by Crippen LogP contribution is 2.43. The number of ether oxygens (including phenoxy) is 3. The third kappa shape index (κ3) is 7.44. The first-order valence-corrected chi connectivity index (χ1v) is 17.6. The number of benzene rings is 2. The number of carbonyl (C=O) groups excluding carboxylic acids is 1. The second-order valence-electron chi connectivity index (χ2n) is 12.5. The van der Waals surface area contributed by atoms with E-state index in [9.17, 15) is 27.1 Å². The number of nitrogens with one attached hydrogen (secondary N) is 2. The number of halogens is 2. The van der Waals surface area contributed by atoms with Gasteiger partial charge in [0.05, 0.1) is 33.9 Å². The molecule has 5 atom stereocenters. The minimum Gasteiger partial charge on any atom is -0.443 e. The Hall–Kier alpha value is -2.95. The number of alkyl carbamates (subject to hydrolysis) is 1. The van der Waals surface area contributed by atoms with Crippen LogP contribution in [0.1, 0.15) is 32.3 Å². The van der Waals surface area contributed by atoms with E-state index in [1.54, 1.807) is 36.4 Å². The van der Waals surface area contributed by atoms with Crippen LogP contribution in [-0.2, 0) is 30.7 Å². The summed E-state index contributed by atoms with van der Waals surface area (Å²) in [6, 6.07) is 13.2. The van der Waals surface area contributed by atoms with Crippen LogP contribution < -0.4 is 10.6 Å². The zero-order valence-electron chi connectivity index (χ0n) is 25.5. The molecule has 1 aliphatic carbocycles. The van der Waals surface area contributed by atoms with Crippen LogP contribution in [0.3, 0.4) is 0 Å². The SMILES string of the molecule is CC(C)CN(C[C@@H](O)[C@H](Cc1ccccc1)NC(=O)OC1CO[C@H]2OCC(F)(F)[C@@H]12)S(=O)(=O)c1ccc2nc(NC3CC3)sc2c1. The quantitative estimate of drug-likeness (QED) is 0.242. The Morgan fingerprint density at radius 2 is 1.93 bits per heavy atom. The second-order valence-corrected chi connectivity index (χ2v) is 15.5. The van der Waals surface area contributed by atoms with E-state index in [0.29, 0.717) is 11.6 Å². The van der Waals surface area contributed by atoms with Gasteiger partial charge in [-0.2, -0.15) is 4.31 Å². The number of rotatable bonds is 13. The van der Waals surface area contributed by atoms with E-state index >= 15 is 0 Å². The standard InChI is InChI=1S/C31H38F2N4O7S2/c1-18(2)14-37(46(40,41)21-10-11-22-26(13-21)45-29(35-22)34-20-8-9-20)15-24(38)23(12-19-6-4-3-5-7-19)36-30(39)44-25-16-42-28-27(25)31(32,33)17-43-28/h3-7,10-11,13,18,20,23-25,27-28,38H,8-9,12,14-17H2,1-2H3,(H,34,35)(H,36,39)/t23-,24+,25?,27-,28-/m0/s1. The van der Waals surface area contributed by atoms with E-state index in [1.165, 1.54) is 21.7 Å². The molecule has 250 valence electrons. The van der Waals surface area contributed by atoms with Crippen molar-refractivity contribution in [1.29, 1.82) is 0 Å². The predicted molar refractivity (Wildman–Crippen MR) is 167 cm³/mol. The Kier molecular flexibility index (Phi) is 9.52. The zero-order valence-corrected chi connectivity index (χ0v) is 27.1. The summed E-state index contributed by atoms with van der Waals surface area (Å²) in [4.78, 5) is 17.7. The van der Waals surface area contributed by atoms with Gasteiger partial charge in [0.2, 0.25) is 10.0 Å². The van der Waals surface area contributed by atoms with Crippen molar-refractivity contribution in [2.75, 3.05) is 31.6 Å². The van der Waals surface area contributed by atoms with Gasteiger partial charge in [-0.1, -0.05) is 55.5 Å². The van der Waals surface area contributed by atoms with Crippen molar-refractivity contribution >= 4 is 42.8 Å². The largest absolute Gasteiger partial charge is 0.443 e. The molecule has 2 saturated heterocycles. The number of aliphatic hydroxyl groups excluding tert-OH is 1. The van der Waals surface area contributed by atoms with Gasteiger partial charge in [-0.3, -0.25) is 0 Å². The van der Waals surface area contributed by atoms with Gasteiger partial charge in [0.25, 0.3) is 5.92 Å². The lowest BCUT2D eigenvalue weighted by Crippen LogP contribution is -2.52. The lowest BCUT2D eigenvalue weighted by atomic mass is 9.99. The highest BCUT2D eigenvalue weighted by atomic mass is 32.2. The van der Waals surface area contributed by atoms with Crippen molar-refractivity contribution in [3.05, 3.63) is 54.1 Å². The second kappa shape index (κ2) is 13.3. The van der Waals surface area contributed by atoms with Gasteiger partial charge in [0.1, 0.15) is 18.6 Å². The Labute approximate surface area is 270 Å². The van der Waals surface area contributed by atoms with E-state index in [4.69, 9.17) is 14.2 Å². The number of thiazole rings is 1. The molecule has 2 aliphatic heterocycles. The van der Waals surface area contributed by atoms with E-state index in [2.05, 4.69) is 15.6 Å². The van der Waals surface area contributed by atoms with Gasteiger partial charge >= 0.3 is 6.09 Å². The molecule has 2 aromatic carbocycles. The Balaban J connectivity index is 1.20. The van der Waals surface area contributed by atoms with Gasteiger partial charge in [-0.05, 0) is 48.9 Å². The minimum atomic E-state index is -4.09. The van der Waals surface area contributed by atoms with Gasteiger partial charge in [-0.15, -0.1) is 0 Å². The van der Waals surface area contributed by atoms with Gasteiger partial charge in [-0.25, -0.2) is 27.0 Å². The highest BCUT2D eigenvalue weighted by Gasteiger charge is 2.60. The van der Waals surface area contributed by atoms with Crippen molar-refractivity contribution in [3.8, 4) is 0 Å². The van der Waals surface area contributed by atoms with Crippen molar-refractivity contribution < 1.29 is 41.3 Å². The summed E-state index contributed by atoms with van der Waals surface area (Å²) in [6.07, 6.45) is -2.53. The van der Waals surface area contributed by atoms with E-state index < -0.39 is 59.1 Å². The van der Waals surface area contributed by atoms with Crippen molar-refractivity contribution in [1.82, 2.24) is 14.6 Å². The maximum absolute atomic E-state index is 14.4. The molecule has 0 spiro atoms.